The zero-order valence-corrected chi connectivity index (χ0v) is 15.6. The highest BCUT2D eigenvalue weighted by atomic mass is 16.3. The summed E-state index contributed by atoms with van der Waals surface area (Å²) in [6, 6.07) is 3.57. The number of pyridine rings is 1. The van der Waals surface area contributed by atoms with Crippen LogP contribution in [0.1, 0.15) is 57.1 Å². The summed E-state index contributed by atoms with van der Waals surface area (Å²) in [6.45, 7) is 5.90. The van der Waals surface area contributed by atoms with Crippen LogP contribution in [0.25, 0.3) is 5.69 Å². The predicted molar refractivity (Wildman–Crippen MR) is 97.9 cm³/mol. The van der Waals surface area contributed by atoms with Crippen LogP contribution in [0, 0.1) is 12.8 Å². The number of aliphatic hydroxyl groups excluding tert-OH is 1. The molecule has 1 amide bonds. The molecular formula is C19H27N5O2. The van der Waals surface area contributed by atoms with Gasteiger partial charge in [-0.15, -0.1) is 0 Å². The Morgan fingerprint density at radius 3 is 2.92 bits per heavy atom. The van der Waals surface area contributed by atoms with Gasteiger partial charge in [-0.2, -0.15) is 5.10 Å². The summed E-state index contributed by atoms with van der Waals surface area (Å²) in [5.41, 5.74) is 0.870. The van der Waals surface area contributed by atoms with E-state index in [1.807, 2.05) is 37.6 Å². The molecule has 7 heteroatoms. The first-order valence-electron chi connectivity index (χ1n) is 9.25. The van der Waals surface area contributed by atoms with Crippen LogP contribution in [0.5, 0.6) is 0 Å². The number of nitrogens with zero attached hydrogens (tertiary/aromatic N) is 4. The second-order valence-corrected chi connectivity index (χ2v) is 7.49. The van der Waals surface area contributed by atoms with Gasteiger partial charge in [-0.05, 0) is 44.2 Å². The quantitative estimate of drug-likeness (QED) is 0.855. The van der Waals surface area contributed by atoms with Crippen LogP contribution in [0.2, 0.25) is 0 Å². The number of carbonyl (C=O) groups is 1. The van der Waals surface area contributed by atoms with Gasteiger partial charge in [-0.3, -0.25) is 9.78 Å². The average molecular weight is 357 g/mol. The maximum atomic E-state index is 12.1. The summed E-state index contributed by atoms with van der Waals surface area (Å²) in [7, 11) is 0. The molecule has 0 radical (unpaired) electrons. The van der Waals surface area contributed by atoms with Gasteiger partial charge in [-0.1, -0.05) is 13.8 Å². The molecule has 0 saturated heterocycles. The molecule has 2 aromatic rings. The van der Waals surface area contributed by atoms with Crippen molar-refractivity contribution in [3.05, 3.63) is 36.2 Å². The molecule has 140 valence electrons. The third-order valence-electron chi connectivity index (χ3n) is 4.75. The van der Waals surface area contributed by atoms with Crippen molar-refractivity contribution in [3.8, 4) is 5.69 Å². The summed E-state index contributed by atoms with van der Waals surface area (Å²) in [5, 5.41) is 17.9. The molecule has 1 aliphatic rings. The topological polar surface area (TPSA) is 92.9 Å². The van der Waals surface area contributed by atoms with Crippen molar-refractivity contribution in [1.82, 2.24) is 25.1 Å². The van der Waals surface area contributed by atoms with E-state index in [2.05, 4.69) is 20.4 Å². The lowest BCUT2D eigenvalue weighted by Crippen LogP contribution is -2.47. The van der Waals surface area contributed by atoms with E-state index in [-0.39, 0.29) is 17.9 Å². The third kappa shape index (κ3) is 4.27. The highest BCUT2D eigenvalue weighted by Gasteiger charge is 2.33. The van der Waals surface area contributed by atoms with Crippen molar-refractivity contribution in [2.24, 2.45) is 5.92 Å². The second-order valence-electron chi connectivity index (χ2n) is 7.49. The summed E-state index contributed by atoms with van der Waals surface area (Å²) in [4.78, 5) is 20.9. The first-order chi connectivity index (χ1) is 12.4. The van der Waals surface area contributed by atoms with Crippen LogP contribution in [-0.2, 0) is 4.79 Å². The minimum absolute atomic E-state index is 0.00499. The van der Waals surface area contributed by atoms with Gasteiger partial charge in [0.1, 0.15) is 11.6 Å². The molecule has 0 spiro atoms. The lowest BCUT2D eigenvalue weighted by atomic mass is 9.83. The van der Waals surface area contributed by atoms with Gasteiger partial charge in [0.2, 0.25) is 5.91 Å². The van der Waals surface area contributed by atoms with E-state index in [9.17, 15) is 9.90 Å². The van der Waals surface area contributed by atoms with Crippen molar-refractivity contribution in [2.45, 2.75) is 64.5 Å². The maximum absolute atomic E-state index is 12.1. The number of nitrogens with one attached hydrogen (secondary N) is 1. The maximum Gasteiger partial charge on any atom is 0.220 e. The van der Waals surface area contributed by atoms with E-state index < -0.39 is 6.10 Å². The molecule has 3 rings (SSSR count). The molecule has 7 nitrogen and oxygen atoms in total. The van der Waals surface area contributed by atoms with Crippen molar-refractivity contribution < 1.29 is 9.90 Å². The number of hydrogen-bond donors (Lipinski definition) is 2. The van der Waals surface area contributed by atoms with Gasteiger partial charge in [0.05, 0.1) is 24.0 Å². The number of aromatic nitrogens is 4. The Labute approximate surface area is 153 Å². The molecule has 0 aromatic carbocycles. The molecule has 1 saturated carbocycles. The second kappa shape index (κ2) is 7.95. The number of aryl methyl sites for hydroxylation is 1. The zero-order chi connectivity index (χ0) is 18.7. The average Bonchev–Trinajstić information content (AvgIpc) is 2.99. The predicted octanol–water partition coefficient (Wildman–Crippen LogP) is 2.13. The van der Waals surface area contributed by atoms with Gasteiger partial charge >= 0.3 is 0 Å². The Balaban J connectivity index is 1.79. The molecule has 0 unspecified atom stereocenters. The molecule has 26 heavy (non-hydrogen) atoms. The van der Waals surface area contributed by atoms with Crippen molar-refractivity contribution in [2.75, 3.05) is 0 Å². The molecule has 2 N–H and O–H groups in total. The first-order valence-corrected chi connectivity index (χ1v) is 9.25. The fraction of sp³-hybridized carbons (Fsp3) is 0.579. The minimum Gasteiger partial charge on any atom is -0.391 e. The Morgan fingerprint density at radius 2 is 2.23 bits per heavy atom. The number of aliphatic hydroxyl groups is 1. The molecule has 0 bridgehead atoms. The highest BCUT2D eigenvalue weighted by Crippen LogP contribution is 2.33. The normalized spacial score (nSPS) is 23.2. The van der Waals surface area contributed by atoms with Crippen LogP contribution >= 0.6 is 0 Å². The van der Waals surface area contributed by atoms with Crippen LogP contribution in [0.3, 0.4) is 0 Å². The van der Waals surface area contributed by atoms with Crippen LogP contribution in [-0.4, -0.2) is 42.9 Å². The van der Waals surface area contributed by atoms with E-state index in [0.717, 1.165) is 17.9 Å². The number of hydrogen-bond acceptors (Lipinski definition) is 5. The monoisotopic (exact) mass is 357 g/mol. The molecule has 2 heterocycles. The fourth-order valence-electron chi connectivity index (χ4n) is 3.55. The number of amides is 1. The summed E-state index contributed by atoms with van der Waals surface area (Å²) in [5.74, 6) is 1.99. The Kier molecular flexibility index (Phi) is 5.66. The number of carbonyl (C=O) groups excluding carboxylic acids is 1. The Hall–Kier alpha value is -2.28. The lowest BCUT2D eigenvalue weighted by molar-refractivity contribution is -0.123. The van der Waals surface area contributed by atoms with Crippen molar-refractivity contribution in [1.29, 1.82) is 0 Å². The third-order valence-corrected chi connectivity index (χ3v) is 4.75. The van der Waals surface area contributed by atoms with Crippen molar-refractivity contribution in [3.63, 3.8) is 0 Å². The highest BCUT2D eigenvalue weighted by molar-refractivity contribution is 5.76. The smallest absolute Gasteiger partial charge is 0.220 e. The van der Waals surface area contributed by atoms with Crippen LogP contribution in [0.4, 0.5) is 0 Å². The van der Waals surface area contributed by atoms with E-state index in [0.29, 0.717) is 31.0 Å². The lowest BCUT2D eigenvalue weighted by Gasteiger charge is -2.33. The minimum atomic E-state index is -0.516. The molecule has 3 atom stereocenters. The van der Waals surface area contributed by atoms with Crippen molar-refractivity contribution >= 4 is 5.91 Å². The van der Waals surface area contributed by atoms with Gasteiger partial charge in [0.25, 0.3) is 0 Å². The van der Waals surface area contributed by atoms with Gasteiger partial charge in [0.15, 0.2) is 0 Å². The van der Waals surface area contributed by atoms with Gasteiger partial charge in [0, 0.05) is 18.5 Å². The molecule has 1 aliphatic carbocycles. The number of rotatable bonds is 5. The molecule has 1 fully saturated rings. The summed E-state index contributed by atoms with van der Waals surface area (Å²) in [6.07, 6.45) is 5.55. The molecule has 0 aliphatic heterocycles. The Bertz CT molecular complexity index is 744. The van der Waals surface area contributed by atoms with E-state index >= 15 is 0 Å². The van der Waals surface area contributed by atoms with Crippen LogP contribution < -0.4 is 5.32 Å². The SMILES string of the molecule is Cc1nc([C@H]2CC[C@@H](O)[C@H](NC(=O)CC(C)C)C2)n(-c2cccnc2)n1. The summed E-state index contributed by atoms with van der Waals surface area (Å²) < 4.78 is 1.83. The van der Waals surface area contributed by atoms with E-state index in [4.69, 9.17) is 0 Å². The summed E-state index contributed by atoms with van der Waals surface area (Å²) >= 11 is 0. The zero-order valence-electron chi connectivity index (χ0n) is 15.6. The Morgan fingerprint density at radius 1 is 1.42 bits per heavy atom. The fourth-order valence-corrected chi connectivity index (χ4v) is 3.55. The van der Waals surface area contributed by atoms with E-state index in [1.165, 1.54) is 0 Å². The van der Waals surface area contributed by atoms with E-state index in [1.54, 1.807) is 12.4 Å². The standard InChI is InChI=1S/C19H27N5O2/c1-12(2)9-18(26)22-16-10-14(6-7-17(16)25)19-21-13(3)23-24(19)15-5-4-8-20-11-15/h4-5,8,11-12,14,16-17,25H,6-7,9-10H2,1-3H3,(H,22,26)/t14-,16+,17+/m0/s1. The van der Waals surface area contributed by atoms with Gasteiger partial charge in [-0.25, -0.2) is 9.67 Å². The van der Waals surface area contributed by atoms with Crippen LogP contribution in [0.15, 0.2) is 24.5 Å². The van der Waals surface area contributed by atoms with Gasteiger partial charge < -0.3 is 10.4 Å². The molecular weight excluding hydrogens is 330 g/mol. The largest absolute Gasteiger partial charge is 0.391 e. The molecule has 2 aromatic heterocycles. The first kappa shape index (κ1) is 18.5.